The molecule has 76 valence electrons. The second kappa shape index (κ2) is 4.99. The van der Waals surface area contributed by atoms with Crippen LogP contribution in [0.3, 0.4) is 0 Å². The highest BCUT2D eigenvalue weighted by Gasteiger charge is 1.98. The molecule has 0 N–H and O–H groups in total. The highest BCUT2D eigenvalue weighted by atomic mass is 35.5. The Morgan fingerprint density at radius 1 is 1.00 bits per heavy atom. The molecule has 2 aromatic carbocycles. The van der Waals surface area contributed by atoms with Gasteiger partial charge in [-0.1, -0.05) is 60.1 Å². The summed E-state index contributed by atoms with van der Waals surface area (Å²) in [5, 5.41) is 2.66. The van der Waals surface area contributed by atoms with Crippen LogP contribution in [-0.4, -0.2) is 0 Å². The molecule has 0 aliphatic heterocycles. The first-order valence-corrected chi connectivity index (χ1v) is 5.57. The minimum Gasteiger partial charge on any atom is -0.0933 e. The van der Waals surface area contributed by atoms with Crippen LogP contribution < -0.4 is 0 Å². The number of halogens is 1. The molecule has 0 nitrogen and oxygen atoms in total. The minimum absolute atomic E-state index is 0.998. The monoisotopic (exact) mass is 216 g/mol. The Kier molecular flexibility index (Phi) is 3.41. The lowest BCUT2D eigenvalue weighted by molar-refractivity contribution is 1.01. The van der Waals surface area contributed by atoms with E-state index < -0.39 is 0 Å². The van der Waals surface area contributed by atoms with Crippen LogP contribution in [0.1, 0.15) is 12.0 Å². The van der Waals surface area contributed by atoms with Gasteiger partial charge in [0, 0.05) is 5.54 Å². The Balaban J connectivity index is 2.34. The quantitative estimate of drug-likeness (QED) is 0.708. The summed E-state index contributed by atoms with van der Waals surface area (Å²) < 4.78 is 0. The first kappa shape index (κ1) is 10.3. The van der Waals surface area contributed by atoms with Crippen molar-refractivity contribution in [2.75, 3.05) is 0 Å². The first-order valence-electron chi connectivity index (χ1n) is 5.13. The highest BCUT2D eigenvalue weighted by molar-refractivity contribution is 6.25. The molecule has 0 saturated heterocycles. The molecule has 0 aliphatic carbocycles. The molecule has 0 heterocycles. The van der Waals surface area contributed by atoms with E-state index in [4.69, 9.17) is 11.6 Å². The summed E-state index contributed by atoms with van der Waals surface area (Å²) in [5.74, 6) is 0. The average Bonchev–Trinajstić information content (AvgIpc) is 2.30. The summed E-state index contributed by atoms with van der Waals surface area (Å²) in [4.78, 5) is 0. The molecular weight excluding hydrogens is 204 g/mol. The zero-order valence-corrected chi connectivity index (χ0v) is 9.24. The molecule has 2 aromatic rings. The van der Waals surface area contributed by atoms with Crippen molar-refractivity contribution in [3.63, 3.8) is 0 Å². The van der Waals surface area contributed by atoms with Gasteiger partial charge in [0.1, 0.15) is 0 Å². The van der Waals surface area contributed by atoms with Crippen molar-refractivity contribution in [3.8, 4) is 0 Å². The van der Waals surface area contributed by atoms with Gasteiger partial charge in [0.2, 0.25) is 0 Å². The Hall–Kier alpha value is -1.27. The number of benzene rings is 2. The maximum atomic E-state index is 5.51. The number of allylic oxidation sites excluding steroid dienone is 1. The summed E-state index contributed by atoms with van der Waals surface area (Å²) in [6, 6.07) is 14.9. The molecule has 2 rings (SSSR count). The molecule has 0 saturated carbocycles. The van der Waals surface area contributed by atoms with Gasteiger partial charge in [-0.15, -0.1) is 0 Å². The number of fused-ring (bicyclic) bond motifs is 1. The van der Waals surface area contributed by atoms with E-state index in [9.17, 15) is 0 Å². The number of hydrogen-bond donors (Lipinski definition) is 0. The van der Waals surface area contributed by atoms with Gasteiger partial charge < -0.3 is 0 Å². The van der Waals surface area contributed by atoms with Gasteiger partial charge in [-0.2, -0.15) is 0 Å². The minimum atomic E-state index is 0.998. The zero-order chi connectivity index (χ0) is 10.5. The summed E-state index contributed by atoms with van der Waals surface area (Å²) >= 11 is 5.51. The summed E-state index contributed by atoms with van der Waals surface area (Å²) in [6.45, 7) is 0. The maximum absolute atomic E-state index is 5.51. The fraction of sp³-hybridized carbons (Fsp3) is 0.143. The van der Waals surface area contributed by atoms with Gasteiger partial charge in [-0.05, 0) is 29.2 Å². The molecule has 0 aliphatic rings. The van der Waals surface area contributed by atoms with Gasteiger partial charge >= 0.3 is 0 Å². The molecule has 0 bridgehead atoms. The lowest BCUT2D eigenvalue weighted by atomic mass is 10.0. The van der Waals surface area contributed by atoms with Crippen LogP contribution in [0.5, 0.6) is 0 Å². The van der Waals surface area contributed by atoms with E-state index in [2.05, 4.69) is 42.5 Å². The predicted octanol–water partition coefficient (Wildman–Crippen LogP) is 4.52. The molecule has 0 fully saturated rings. The van der Waals surface area contributed by atoms with Crippen LogP contribution >= 0.6 is 11.6 Å². The predicted molar refractivity (Wildman–Crippen MR) is 67.3 cm³/mol. The maximum Gasteiger partial charge on any atom is 0.000257 e. The van der Waals surface area contributed by atoms with E-state index in [1.54, 1.807) is 5.54 Å². The number of rotatable bonds is 3. The van der Waals surface area contributed by atoms with Crippen LogP contribution in [0, 0.1) is 0 Å². The number of aryl methyl sites for hydroxylation is 1. The van der Waals surface area contributed by atoms with Crippen molar-refractivity contribution < 1.29 is 0 Å². The van der Waals surface area contributed by atoms with Gasteiger partial charge in [0.25, 0.3) is 0 Å². The second-order valence-corrected chi connectivity index (χ2v) is 3.79. The van der Waals surface area contributed by atoms with Crippen LogP contribution in [0.2, 0.25) is 0 Å². The molecule has 0 spiro atoms. The topological polar surface area (TPSA) is 0 Å². The zero-order valence-electron chi connectivity index (χ0n) is 8.49. The van der Waals surface area contributed by atoms with Gasteiger partial charge in [0.15, 0.2) is 0 Å². The lowest BCUT2D eigenvalue weighted by Gasteiger charge is -2.04. The van der Waals surface area contributed by atoms with Crippen molar-refractivity contribution in [2.45, 2.75) is 12.8 Å². The van der Waals surface area contributed by atoms with E-state index in [0.29, 0.717) is 0 Å². The highest BCUT2D eigenvalue weighted by Crippen LogP contribution is 2.19. The van der Waals surface area contributed by atoms with Crippen molar-refractivity contribution >= 4 is 22.4 Å². The third kappa shape index (κ3) is 2.40. The van der Waals surface area contributed by atoms with Crippen molar-refractivity contribution in [3.05, 3.63) is 59.6 Å². The smallest absolute Gasteiger partial charge is 0.000257 e. The van der Waals surface area contributed by atoms with E-state index in [0.717, 1.165) is 12.8 Å². The Morgan fingerprint density at radius 3 is 2.67 bits per heavy atom. The summed E-state index contributed by atoms with van der Waals surface area (Å²) in [5.41, 5.74) is 2.98. The van der Waals surface area contributed by atoms with Crippen molar-refractivity contribution in [2.24, 2.45) is 0 Å². The third-order valence-corrected chi connectivity index (χ3v) is 2.73. The van der Waals surface area contributed by atoms with E-state index in [1.165, 1.54) is 16.3 Å². The van der Waals surface area contributed by atoms with E-state index in [1.807, 2.05) is 6.08 Å². The molecule has 15 heavy (non-hydrogen) atoms. The molecule has 0 atom stereocenters. The Bertz CT molecular complexity index is 466. The first-order chi connectivity index (χ1) is 7.42. The Labute approximate surface area is 95.2 Å². The van der Waals surface area contributed by atoms with E-state index >= 15 is 0 Å². The lowest BCUT2D eigenvalue weighted by Crippen LogP contribution is -1.85. The SMILES string of the molecule is ClC=CCCc1cccc2ccccc12. The van der Waals surface area contributed by atoms with Gasteiger partial charge in [0.05, 0.1) is 0 Å². The fourth-order valence-corrected chi connectivity index (χ4v) is 1.94. The normalized spacial score (nSPS) is 11.3. The Morgan fingerprint density at radius 2 is 1.80 bits per heavy atom. The van der Waals surface area contributed by atoms with Gasteiger partial charge in [-0.3, -0.25) is 0 Å². The molecule has 0 unspecified atom stereocenters. The number of hydrogen-bond acceptors (Lipinski definition) is 0. The van der Waals surface area contributed by atoms with E-state index in [-0.39, 0.29) is 0 Å². The average molecular weight is 217 g/mol. The third-order valence-electron chi connectivity index (χ3n) is 2.55. The van der Waals surface area contributed by atoms with Crippen LogP contribution in [0.25, 0.3) is 10.8 Å². The standard InChI is InChI=1S/C14H13Cl/c15-11-4-3-7-13-9-5-8-12-6-1-2-10-14(12)13/h1-2,4-6,8-11H,3,7H2. The second-order valence-electron chi connectivity index (χ2n) is 3.54. The van der Waals surface area contributed by atoms with Gasteiger partial charge in [-0.25, -0.2) is 0 Å². The van der Waals surface area contributed by atoms with Crippen LogP contribution in [0.15, 0.2) is 54.1 Å². The largest absolute Gasteiger partial charge is 0.0933 e. The van der Waals surface area contributed by atoms with Crippen LogP contribution in [-0.2, 0) is 6.42 Å². The molecule has 0 aromatic heterocycles. The van der Waals surface area contributed by atoms with Crippen molar-refractivity contribution in [1.82, 2.24) is 0 Å². The summed E-state index contributed by atoms with van der Waals surface area (Å²) in [6.07, 6.45) is 4.03. The summed E-state index contributed by atoms with van der Waals surface area (Å²) in [7, 11) is 0. The molecule has 0 radical (unpaired) electrons. The fourth-order valence-electron chi connectivity index (χ4n) is 1.81. The molecular formula is C14H13Cl. The molecule has 0 amide bonds. The van der Waals surface area contributed by atoms with Crippen LogP contribution in [0.4, 0.5) is 0 Å². The van der Waals surface area contributed by atoms with Crippen molar-refractivity contribution in [1.29, 1.82) is 0 Å². The molecule has 1 heteroatoms.